The smallest absolute Gasteiger partial charge is 0.375 e. The molecule has 3 aromatic rings. The Labute approximate surface area is 149 Å². The van der Waals surface area contributed by atoms with Crippen LogP contribution in [0.25, 0.3) is 11.0 Å². The second-order valence-corrected chi connectivity index (χ2v) is 5.94. The van der Waals surface area contributed by atoms with Crippen molar-refractivity contribution in [1.82, 2.24) is 5.32 Å². The Bertz CT molecular complexity index is 946. The maximum Gasteiger partial charge on any atom is 0.375 e. The van der Waals surface area contributed by atoms with E-state index in [4.69, 9.17) is 9.15 Å². The predicted octanol–water partition coefficient (Wildman–Crippen LogP) is 3.74. The molecule has 0 fully saturated rings. The van der Waals surface area contributed by atoms with Crippen molar-refractivity contribution in [3.05, 3.63) is 71.2 Å². The molecule has 26 heavy (non-hydrogen) atoms. The van der Waals surface area contributed by atoms with Crippen LogP contribution < -0.4 is 5.32 Å². The highest BCUT2D eigenvalue weighted by molar-refractivity contribution is 5.97. The van der Waals surface area contributed by atoms with E-state index >= 15 is 0 Å². The van der Waals surface area contributed by atoms with Gasteiger partial charge in [0.1, 0.15) is 11.4 Å². The largest absolute Gasteiger partial charge is 0.449 e. The van der Waals surface area contributed by atoms with Crippen LogP contribution in [0.4, 0.5) is 4.39 Å². The molecular weight excluding hydrogens is 337 g/mol. The number of rotatable bonds is 5. The molecule has 0 aliphatic rings. The number of ether oxygens (including phenoxy) is 1. The second-order valence-electron chi connectivity index (χ2n) is 5.94. The normalized spacial score (nSPS) is 12.0. The Balaban J connectivity index is 1.61. The molecule has 0 saturated heterocycles. The molecule has 5 nitrogen and oxygen atoms in total. The van der Waals surface area contributed by atoms with Crippen LogP contribution >= 0.6 is 0 Å². The van der Waals surface area contributed by atoms with Crippen molar-refractivity contribution in [1.29, 1.82) is 0 Å². The summed E-state index contributed by atoms with van der Waals surface area (Å²) in [5.74, 6) is -1.40. The Morgan fingerprint density at radius 1 is 1.15 bits per heavy atom. The predicted molar refractivity (Wildman–Crippen MR) is 94.1 cm³/mol. The highest BCUT2D eigenvalue weighted by Gasteiger charge is 2.23. The minimum Gasteiger partial charge on any atom is -0.449 e. The quantitative estimate of drug-likeness (QED) is 0.708. The third kappa shape index (κ3) is 3.74. The van der Waals surface area contributed by atoms with Crippen molar-refractivity contribution < 1.29 is 23.1 Å². The van der Waals surface area contributed by atoms with Gasteiger partial charge in [0, 0.05) is 17.5 Å². The van der Waals surface area contributed by atoms with E-state index in [1.165, 1.54) is 19.1 Å². The molecule has 1 heterocycles. The zero-order valence-electron chi connectivity index (χ0n) is 14.4. The van der Waals surface area contributed by atoms with Crippen LogP contribution in [0.1, 0.15) is 28.6 Å². The van der Waals surface area contributed by atoms with Gasteiger partial charge in [0.05, 0.1) is 0 Å². The molecule has 1 aromatic heterocycles. The van der Waals surface area contributed by atoms with Gasteiger partial charge in [-0.3, -0.25) is 4.79 Å². The lowest BCUT2D eigenvalue weighted by atomic mass is 10.1. The van der Waals surface area contributed by atoms with Gasteiger partial charge in [-0.25, -0.2) is 9.18 Å². The summed E-state index contributed by atoms with van der Waals surface area (Å²) in [7, 11) is 0. The maximum atomic E-state index is 12.9. The Hall–Kier alpha value is -3.15. The van der Waals surface area contributed by atoms with Crippen molar-refractivity contribution >= 4 is 22.8 Å². The van der Waals surface area contributed by atoms with E-state index in [0.29, 0.717) is 11.1 Å². The number of carbonyl (C=O) groups is 2. The van der Waals surface area contributed by atoms with Crippen LogP contribution in [0.5, 0.6) is 0 Å². The number of nitrogens with one attached hydrogen (secondary N) is 1. The molecule has 6 heteroatoms. The number of amides is 1. The number of esters is 1. The highest BCUT2D eigenvalue weighted by atomic mass is 19.1. The number of para-hydroxylation sites is 1. The van der Waals surface area contributed by atoms with Gasteiger partial charge in [-0.1, -0.05) is 30.3 Å². The number of aryl methyl sites for hydroxylation is 1. The summed E-state index contributed by atoms with van der Waals surface area (Å²) in [5, 5.41) is 3.47. The number of benzene rings is 2. The summed E-state index contributed by atoms with van der Waals surface area (Å²) in [5.41, 5.74) is 2.00. The van der Waals surface area contributed by atoms with Crippen LogP contribution in [0.15, 0.2) is 52.9 Å². The number of fused-ring (bicyclic) bond motifs is 1. The molecular formula is C20H18FNO4. The van der Waals surface area contributed by atoms with Gasteiger partial charge >= 0.3 is 5.97 Å². The first kappa shape index (κ1) is 17.7. The van der Waals surface area contributed by atoms with Crippen molar-refractivity contribution in [2.45, 2.75) is 26.5 Å². The molecule has 0 saturated carbocycles. The number of hydrogen-bond acceptors (Lipinski definition) is 4. The van der Waals surface area contributed by atoms with E-state index in [1.807, 2.05) is 18.2 Å². The average Bonchev–Trinajstić information content (AvgIpc) is 2.98. The fourth-order valence-electron chi connectivity index (χ4n) is 2.57. The van der Waals surface area contributed by atoms with Gasteiger partial charge in [0.15, 0.2) is 6.10 Å². The molecule has 134 valence electrons. The summed E-state index contributed by atoms with van der Waals surface area (Å²) in [6.07, 6.45) is -0.990. The van der Waals surface area contributed by atoms with Crippen LogP contribution in [0.2, 0.25) is 0 Å². The molecule has 0 spiro atoms. The van der Waals surface area contributed by atoms with Gasteiger partial charge in [-0.15, -0.1) is 0 Å². The van der Waals surface area contributed by atoms with Gasteiger partial charge < -0.3 is 14.5 Å². The van der Waals surface area contributed by atoms with Crippen molar-refractivity contribution in [2.24, 2.45) is 0 Å². The lowest BCUT2D eigenvalue weighted by molar-refractivity contribution is -0.129. The first-order valence-electron chi connectivity index (χ1n) is 8.17. The monoisotopic (exact) mass is 355 g/mol. The van der Waals surface area contributed by atoms with E-state index < -0.39 is 18.0 Å². The molecule has 0 aliphatic carbocycles. The minimum atomic E-state index is -0.990. The summed E-state index contributed by atoms with van der Waals surface area (Å²) < 4.78 is 23.6. The third-order valence-electron chi connectivity index (χ3n) is 4.06. The Morgan fingerprint density at radius 2 is 1.85 bits per heavy atom. The summed E-state index contributed by atoms with van der Waals surface area (Å²) in [6, 6.07) is 13.1. The molecule has 3 rings (SSSR count). The molecule has 2 aromatic carbocycles. The lowest BCUT2D eigenvalue weighted by Crippen LogP contribution is -2.35. The highest BCUT2D eigenvalue weighted by Crippen LogP contribution is 2.25. The van der Waals surface area contributed by atoms with E-state index in [-0.39, 0.29) is 18.1 Å². The second kappa shape index (κ2) is 7.39. The number of halogens is 1. The Morgan fingerprint density at radius 3 is 2.54 bits per heavy atom. The van der Waals surface area contributed by atoms with Gasteiger partial charge in [0.25, 0.3) is 5.91 Å². The molecule has 0 unspecified atom stereocenters. The lowest BCUT2D eigenvalue weighted by Gasteiger charge is -2.13. The van der Waals surface area contributed by atoms with Crippen molar-refractivity contribution in [3.8, 4) is 0 Å². The molecule has 1 N–H and O–H groups in total. The zero-order chi connectivity index (χ0) is 18.7. The zero-order valence-corrected chi connectivity index (χ0v) is 14.4. The van der Waals surface area contributed by atoms with Crippen LogP contribution in [-0.2, 0) is 16.1 Å². The van der Waals surface area contributed by atoms with E-state index in [9.17, 15) is 14.0 Å². The Kier molecular flexibility index (Phi) is 5.02. The fraction of sp³-hybridized carbons (Fsp3) is 0.200. The standard InChI is InChI=1S/C20H18FNO4/c1-12-16-5-3-4-6-17(16)26-18(12)20(24)25-13(2)19(23)22-11-14-7-9-15(21)10-8-14/h3-10,13H,11H2,1-2H3,(H,22,23)/t13-/m0/s1. The first-order chi connectivity index (χ1) is 12.5. The number of furan rings is 1. The maximum absolute atomic E-state index is 12.9. The van der Waals surface area contributed by atoms with Crippen LogP contribution in [-0.4, -0.2) is 18.0 Å². The topological polar surface area (TPSA) is 68.5 Å². The molecule has 1 amide bonds. The fourth-order valence-corrected chi connectivity index (χ4v) is 2.57. The van der Waals surface area contributed by atoms with Gasteiger partial charge in [-0.05, 0) is 37.6 Å². The molecule has 1 atom stereocenters. The van der Waals surface area contributed by atoms with Crippen LogP contribution in [0, 0.1) is 12.7 Å². The SMILES string of the molecule is Cc1c(C(=O)O[C@@H](C)C(=O)NCc2ccc(F)cc2)oc2ccccc12. The van der Waals surface area contributed by atoms with Crippen LogP contribution in [0.3, 0.4) is 0 Å². The van der Waals surface area contributed by atoms with Crippen molar-refractivity contribution in [2.75, 3.05) is 0 Å². The molecule has 0 aliphatic heterocycles. The van der Waals surface area contributed by atoms with E-state index in [0.717, 1.165) is 10.9 Å². The summed E-state index contributed by atoms with van der Waals surface area (Å²) in [6.45, 7) is 3.46. The van der Waals surface area contributed by atoms with Gasteiger partial charge in [-0.2, -0.15) is 0 Å². The molecule has 0 bridgehead atoms. The number of hydrogen-bond donors (Lipinski definition) is 1. The minimum absolute atomic E-state index is 0.0874. The summed E-state index contributed by atoms with van der Waals surface area (Å²) in [4.78, 5) is 24.4. The van der Waals surface area contributed by atoms with Gasteiger partial charge in [0.2, 0.25) is 5.76 Å². The van der Waals surface area contributed by atoms with E-state index in [2.05, 4.69) is 5.32 Å². The molecule has 0 radical (unpaired) electrons. The average molecular weight is 355 g/mol. The third-order valence-corrected chi connectivity index (χ3v) is 4.06. The number of carbonyl (C=O) groups excluding carboxylic acids is 2. The summed E-state index contributed by atoms with van der Waals surface area (Å²) >= 11 is 0. The van der Waals surface area contributed by atoms with Crippen molar-refractivity contribution in [3.63, 3.8) is 0 Å². The van der Waals surface area contributed by atoms with E-state index in [1.54, 1.807) is 25.1 Å². The first-order valence-corrected chi connectivity index (χ1v) is 8.17.